The zero-order chi connectivity index (χ0) is 17.6. The van der Waals surface area contributed by atoms with E-state index >= 15 is 0 Å². The standard InChI is InChI=1S/C19H17N3OS2/c1-12(23)20-13-8-9-17-15(10-13)22(3)19(25-17)11-18-21(2)14-6-4-5-7-16(14)24-18/h4-11H,1-3H3/p+1. The average molecular weight is 369 g/mol. The largest absolute Gasteiger partial charge is 0.338 e. The summed E-state index contributed by atoms with van der Waals surface area (Å²) >= 11 is 1.79. The molecule has 1 amide bonds. The molecular formula is C19H18N3OS2+. The van der Waals surface area contributed by atoms with E-state index in [-0.39, 0.29) is 5.91 Å². The Morgan fingerprint density at radius 1 is 1.24 bits per heavy atom. The summed E-state index contributed by atoms with van der Waals surface area (Å²) < 4.78 is 3.38. The summed E-state index contributed by atoms with van der Waals surface area (Å²) in [5, 5.41) is 5.18. The van der Waals surface area contributed by atoms with Gasteiger partial charge in [-0.2, -0.15) is 4.58 Å². The van der Waals surface area contributed by atoms with Crippen molar-refractivity contribution in [2.75, 3.05) is 24.3 Å². The Kier molecular flexibility index (Phi) is 4.01. The van der Waals surface area contributed by atoms with Crippen molar-refractivity contribution in [3.63, 3.8) is 0 Å². The lowest BCUT2D eigenvalue weighted by molar-refractivity contribution is -0.114. The minimum atomic E-state index is -0.0543. The molecule has 0 aliphatic carbocycles. The van der Waals surface area contributed by atoms with Gasteiger partial charge in [-0.25, -0.2) is 0 Å². The van der Waals surface area contributed by atoms with Gasteiger partial charge >= 0.3 is 0 Å². The van der Waals surface area contributed by atoms with E-state index in [0.717, 1.165) is 11.0 Å². The van der Waals surface area contributed by atoms with Gasteiger partial charge in [0, 0.05) is 30.6 Å². The number of nitrogens with one attached hydrogen (secondary N) is 1. The molecule has 0 atom stereocenters. The Hall–Kier alpha value is -2.31. The molecule has 0 radical (unpaired) electrons. The predicted octanol–water partition coefficient (Wildman–Crippen LogP) is 2.98. The van der Waals surface area contributed by atoms with Crippen LogP contribution in [0.5, 0.6) is 0 Å². The maximum atomic E-state index is 11.3. The first-order chi connectivity index (χ1) is 12.0. The summed E-state index contributed by atoms with van der Waals surface area (Å²) in [7, 11) is 5.92. The van der Waals surface area contributed by atoms with E-state index in [0.29, 0.717) is 0 Å². The van der Waals surface area contributed by atoms with Crippen molar-refractivity contribution in [3.8, 4) is 0 Å². The molecule has 0 unspecified atom stereocenters. The Balaban J connectivity index is 1.73. The lowest BCUT2D eigenvalue weighted by atomic mass is 10.3. The highest BCUT2D eigenvalue weighted by atomic mass is 32.2. The number of benzene rings is 2. The van der Waals surface area contributed by atoms with Gasteiger partial charge in [0.25, 0.3) is 4.99 Å². The maximum Gasteiger partial charge on any atom is 0.265 e. The van der Waals surface area contributed by atoms with E-state index in [4.69, 9.17) is 0 Å². The third-order valence-electron chi connectivity index (χ3n) is 4.20. The number of thioether (sulfide) groups is 1. The fraction of sp³-hybridized carbons (Fsp3) is 0.158. The summed E-state index contributed by atoms with van der Waals surface area (Å²) in [4.78, 5) is 16.0. The van der Waals surface area contributed by atoms with E-state index in [2.05, 4.69) is 65.3 Å². The number of hydrogen-bond donors (Lipinski definition) is 1. The van der Waals surface area contributed by atoms with Crippen LogP contribution < -0.4 is 20.1 Å². The Labute approximate surface area is 154 Å². The van der Waals surface area contributed by atoms with Crippen LogP contribution in [0.4, 0.5) is 11.4 Å². The van der Waals surface area contributed by atoms with E-state index in [1.807, 2.05) is 12.1 Å². The van der Waals surface area contributed by atoms with Gasteiger partial charge in [-0.3, -0.25) is 4.79 Å². The van der Waals surface area contributed by atoms with Gasteiger partial charge in [-0.05, 0) is 24.3 Å². The maximum absolute atomic E-state index is 11.3. The summed E-state index contributed by atoms with van der Waals surface area (Å²) in [6, 6.07) is 14.5. The van der Waals surface area contributed by atoms with Crippen LogP contribution in [-0.4, -0.2) is 25.0 Å². The fourth-order valence-corrected chi connectivity index (χ4v) is 5.15. The lowest BCUT2D eigenvalue weighted by Crippen LogP contribution is -2.28. The molecule has 0 saturated heterocycles. The molecule has 2 aliphatic rings. The number of carbonyl (C=O) groups excluding carboxylic acids is 1. The highest BCUT2D eigenvalue weighted by Crippen LogP contribution is 2.44. The molecule has 4 rings (SSSR count). The van der Waals surface area contributed by atoms with Crippen molar-refractivity contribution < 1.29 is 4.79 Å². The smallest absolute Gasteiger partial charge is 0.265 e. The number of anilines is 2. The molecule has 126 valence electrons. The molecule has 2 heterocycles. The van der Waals surface area contributed by atoms with Crippen LogP contribution in [0.3, 0.4) is 0 Å². The number of carbonyl (C=O) groups is 1. The summed E-state index contributed by atoms with van der Waals surface area (Å²) in [6.45, 7) is 1.53. The van der Waals surface area contributed by atoms with Gasteiger partial charge in [0.05, 0.1) is 16.8 Å². The fourth-order valence-electron chi connectivity index (χ4n) is 2.93. The Bertz CT molecular complexity index is 1100. The topological polar surface area (TPSA) is 35.4 Å². The van der Waals surface area contributed by atoms with Gasteiger partial charge in [-0.15, -0.1) is 0 Å². The minimum absolute atomic E-state index is 0.0543. The third-order valence-corrected chi connectivity index (χ3v) is 6.54. The molecule has 6 heteroatoms. The van der Waals surface area contributed by atoms with E-state index in [1.54, 1.807) is 22.7 Å². The van der Waals surface area contributed by atoms with Crippen molar-refractivity contribution in [2.45, 2.75) is 11.8 Å². The van der Waals surface area contributed by atoms with Gasteiger partial charge < -0.3 is 10.2 Å². The van der Waals surface area contributed by atoms with Crippen molar-refractivity contribution >= 4 is 45.0 Å². The second-order valence-corrected chi connectivity index (χ2v) is 8.10. The zero-order valence-corrected chi connectivity index (χ0v) is 15.9. The van der Waals surface area contributed by atoms with Gasteiger partial charge in [-0.1, -0.05) is 34.8 Å². The number of amides is 1. The molecule has 0 spiro atoms. The normalized spacial score (nSPS) is 16.8. The Morgan fingerprint density at radius 3 is 2.80 bits per heavy atom. The summed E-state index contributed by atoms with van der Waals surface area (Å²) in [5.74, 6) is -0.0543. The molecule has 2 aromatic rings. The number of rotatable bonds is 2. The van der Waals surface area contributed by atoms with Gasteiger partial charge in [0.1, 0.15) is 11.6 Å². The molecule has 0 fully saturated rings. The second-order valence-electron chi connectivity index (χ2n) is 5.97. The van der Waals surface area contributed by atoms with E-state index in [1.165, 1.54) is 32.0 Å². The van der Waals surface area contributed by atoms with Crippen molar-refractivity contribution in [3.05, 3.63) is 63.4 Å². The summed E-state index contributed by atoms with van der Waals surface area (Å²) in [6.07, 6.45) is 2.23. The van der Waals surface area contributed by atoms with E-state index in [9.17, 15) is 4.79 Å². The zero-order valence-electron chi connectivity index (χ0n) is 14.2. The van der Waals surface area contributed by atoms with Crippen molar-refractivity contribution in [1.82, 2.24) is 4.58 Å². The molecule has 2 aromatic carbocycles. The average Bonchev–Trinajstić information content (AvgIpc) is 3.06. The number of fused-ring (bicyclic) bond motifs is 2. The van der Waals surface area contributed by atoms with E-state index < -0.39 is 0 Å². The molecule has 0 bridgehead atoms. The van der Waals surface area contributed by atoms with Crippen molar-refractivity contribution in [1.29, 1.82) is 0 Å². The molecule has 0 aromatic heterocycles. The lowest BCUT2D eigenvalue weighted by Gasteiger charge is -2.12. The number of hydrogen-bond acceptors (Lipinski definition) is 3. The van der Waals surface area contributed by atoms with Crippen LogP contribution in [0.1, 0.15) is 6.92 Å². The van der Waals surface area contributed by atoms with Crippen LogP contribution in [0, 0.1) is 4.51 Å². The minimum Gasteiger partial charge on any atom is -0.338 e. The third kappa shape index (κ3) is 2.92. The van der Waals surface area contributed by atoms with Crippen LogP contribution in [0.15, 0.2) is 58.5 Å². The monoisotopic (exact) mass is 368 g/mol. The van der Waals surface area contributed by atoms with Crippen LogP contribution in [-0.2, 0) is 4.79 Å². The molecule has 1 N–H and O–H groups in total. The highest BCUT2D eigenvalue weighted by Gasteiger charge is 2.24. The molecule has 0 saturated carbocycles. The van der Waals surface area contributed by atoms with Gasteiger partial charge in [0.2, 0.25) is 11.3 Å². The molecular weight excluding hydrogens is 350 g/mol. The number of para-hydroxylation sites is 1. The van der Waals surface area contributed by atoms with Crippen LogP contribution in [0.25, 0.3) is 0 Å². The first-order valence-corrected chi connectivity index (χ1v) is 9.59. The predicted molar refractivity (Wildman–Crippen MR) is 108 cm³/mol. The molecule has 25 heavy (non-hydrogen) atoms. The van der Waals surface area contributed by atoms with Crippen LogP contribution >= 0.6 is 22.7 Å². The molecule has 2 aliphatic heterocycles. The highest BCUT2D eigenvalue weighted by molar-refractivity contribution is 8.03. The number of likely N-dealkylation sites (N-methyl/N-ethyl adjacent to an activating group) is 1. The first kappa shape index (κ1) is 16.2. The van der Waals surface area contributed by atoms with Gasteiger partial charge in [0.15, 0.2) is 0 Å². The SMILES string of the molecule is CC(=O)Nc1ccc2c(c1)=[N+](C)C(C=C1Sc3ccccc3N1C)=S=2. The first-order valence-electron chi connectivity index (χ1n) is 7.95. The van der Waals surface area contributed by atoms with Crippen molar-refractivity contribution in [2.24, 2.45) is 0 Å². The summed E-state index contributed by atoms with van der Waals surface area (Å²) in [5.41, 5.74) is 2.07. The van der Waals surface area contributed by atoms with Crippen LogP contribution in [0.2, 0.25) is 0 Å². The Morgan fingerprint density at radius 2 is 2.04 bits per heavy atom. The number of nitrogens with zero attached hydrogens (tertiary/aromatic N) is 2. The second kappa shape index (κ2) is 6.20. The molecule has 4 nitrogen and oxygen atoms in total. The quantitative estimate of drug-likeness (QED) is 0.503.